The molecule has 0 aliphatic heterocycles. The number of nitrogens with zero attached hydrogens (tertiary/aromatic N) is 1. The summed E-state index contributed by atoms with van der Waals surface area (Å²) in [7, 11) is 3.98. The maximum absolute atomic E-state index is 12.6. The quantitative estimate of drug-likeness (QED) is 0.749. The largest absolute Gasteiger partial charge is 0.492 e. The number of hydrogen-bond donors (Lipinski definition) is 2. The number of carbonyl (C=O) groups excluding carboxylic acids is 1. The first-order chi connectivity index (χ1) is 11.4. The molecule has 0 aliphatic rings. The van der Waals surface area contributed by atoms with E-state index in [-0.39, 0.29) is 30.7 Å². The van der Waals surface area contributed by atoms with Crippen LogP contribution < -0.4 is 15.8 Å². The van der Waals surface area contributed by atoms with E-state index in [1.54, 1.807) is 13.0 Å². The van der Waals surface area contributed by atoms with Crippen LogP contribution in [0.1, 0.15) is 12.5 Å². The first-order valence-corrected chi connectivity index (χ1v) is 7.93. The van der Waals surface area contributed by atoms with Crippen molar-refractivity contribution in [3.63, 3.8) is 0 Å². The van der Waals surface area contributed by atoms with E-state index in [2.05, 4.69) is 5.32 Å². The second-order valence-corrected chi connectivity index (χ2v) is 6.20. The first kappa shape index (κ1) is 24.2. The lowest BCUT2D eigenvalue weighted by molar-refractivity contribution is -0.120. The summed E-state index contributed by atoms with van der Waals surface area (Å²) < 4.78 is 5.69. The van der Waals surface area contributed by atoms with Gasteiger partial charge < -0.3 is 20.7 Å². The molecule has 5 nitrogen and oxygen atoms in total. The molecule has 0 saturated carbocycles. The number of rotatable bonds is 7. The highest BCUT2D eigenvalue weighted by Crippen LogP contribution is 2.22. The monoisotopic (exact) mass is 399 g/mol. The van der Waals surface area contributed by atoms with E-state index < -0.39 is 5.54 Å². The molecular weight excluding hydrogens is 373 g/mol. The third kappa shape index (κ3) is 6.84. The molecule has 0 fully saturated rings. The molecule has 1 amide bonds. The molecule has 2 aromatic carbocycles. The Morgan fingerprint density at radius 2 is 1.77 bits per heavy atom. The molecule has 26 heavy (non-hydrogen) atoms. The second-order valence-electron chi connectivity index (χ2n) is 6.20. The number of amides is 1. The van der Waals surface area contributed by atoms with Crippen molar-refractivity contribution >= 4 is 36.4 Å². The SMILES string of the molecule is CN(C)CCOc1cccc(NC(=O)C(C)(N)c2ccccc2)c1.Cl.Cl. The van der Waals surface area contributed by atoms with Crippen molar-refractivity contribution in [2.45, 2.75) is 12.5 Å². The van der Waals surface area contributed by atoms with Gasteiger partial charge in [0.1, 0.15) is 17.9 Å². The van der Waals surface area contributed by atoms with E-state index in [1.165, 1.54) is 0 Å². The van der Waals surface area contributed by atoms with Gasteiger partial charge in [0, 0.05) is 18.3 Å². The fourth-order valence-electron chi connectivity index (χ4n) is 2.19. The number of anilines is 1. The Kier molecular flexibility index (Phi) is 10.3. The Hall–Kier alpha value is -1.79. The Bertz CT molecular complexity index is 679. The predicted molar refractivity (Wildman–Crippen MR) is 112 cm³/mol. The number of ether oxygens (including phenoxy) is 1. The van der Waals surface area contributed by atoms with Crippen LogP contribution in [-0.4, -0.2) is 38.1 Å². The summed E-state index contributed by atoms with van der Waals surface area (Å²) in [6.45, 7) is 3.11. The predicted octanol–water partition coefficient (Wildman–Crippen LogP) is 3.28. The Morgan fingerprint density at radius 3 is 2.38 bits per heavy atom. The Balaban J connectivity index is 0.00000312. The standard InChI is InChI=1S/C19H25N3O2.2ClH/c1-19(20,15-8-5-4-6-9-15)18(23)21-16-10-7-11-17(14-16)24-13-12-22(2)3;;/h4-11,14H,12-13,20H2,1-3H3,(H,21,23);2*1H. The normalized spacial score (nSPS) is 12.3. The van der Waals surface area contributed by atoms with Gasteiger partial charge in [-0.1, -0.05) is 36.4 Å². The highest BCUT2D eigenvalue weighted by molar-refractivity contribution is 5.98. The lowest BCUT2D eigenvalue weighted by atomic mass is 9.92. The van der Waals surface area contributed by atoms with Crippen molar-refractivity contribution in [3.05, 3.63) is 60.2 Å². The molecule has 0 aliphatic carbocycles. The molecule has 2 rings (SSSR count). The highest BCUT2D eigenvalue weighted by atomic mass is 35.5. The van der Waals surface area contributed by atoms with Crippen molar-refractivity contribution in [2.24, 2.45) is 5.73 Å². The van der Waals surface area contributed by atoms with Gasteiger partial charge in [0.2, 0.25) is 5.91 Å². The molecule has 2 aromatic rings. The van der Waals surface area contributed by atoms with Gasteiger partial charge in [0.05, 0.1) is 0 Å². The molecule has 0 bridgehead atoms. The van der Waals surface area contributed by atoms with Crippen LogP contribution in [0.2, 0.25) is 0 Å². The topological polar surface area (TPSA) is 67.6 Å². The van der Waals surface area contributed by atoms with Crippen molar-refractivity contribution in [1.82, 2.24) is 4.90 Å². The van der Waals surface area contributed by atoms with Crippen LogP contribution in [0.5, 0.6) is 5.75 Å². The molecule has 0 aromatic heterocycles. The maximum Gasteiger partial charge on any atom is 0.248 e. The van der Waals surface area contributed by atoms with Gasteiger partial charge in [-0.25, -0.2) is 0 Å². The fraction of sp³-hybridized carbons (Fsp3) is 0.316. The first-order valence-electron chi connectivity index (χ1n) is 7.93. The molecule has 0 spiro atoms. The zero-order valence-corrected chi connectivity index (χ0v) is 16.9. The van der Waals surface area contributed by atoms with Crippen LogP contribution in [0.4, 0.5) is 5.69 Å². The lowest BCUT2D eigenvalue weighted by Crippen LogP contribution is -2.45. The van der Waals surface area contributed by atoms with Gasteiger partial charge in [0.15, 0.2) is 0 Å². The van der Waals surface area contributed by atoms with Gasteiger partial charge in [0.25, 0.3) is 0 Å². The molecular formula is C19H27Cl2N3O2. The Labute approximate surface area is 167 Å². The average molecular weight is 400 g/mol. The van der Waals surface area contributed by atoms with Crippen molar-refractivity contribution in [3.8, 4) is 5.75 Å². The minimum Gasteiger partial charge on any atom is -0.492 e. The van der Waals surface area contributed by atoms with E-state index in [0.717, 1.165) is 12.1 Å². The zero-order valence-electron chi connectivity index (χ0n) is 15.3. The van der Waals surface area contributed by atoms with Gasteiger partial charge in [-0.05, 0) is 38.7 Å². The highest BCUT2D eigenvalue weighted by Gasteiger charge is 2.30. The number of carbonyl (C=O) groups is 1. The van der Waals surface area contributed by atoms with Gasteiger partial charge in [-0.3, -0.25) is 4.79 Å². The summed E-state index contributed by atoms with van der Waals surface area (Å²) in [6, 6.07) is 16.7. The van der Waals surface area contributed by atoms with Gasteiger partial charge in [-0.15, -0.1) is 24.8 Å². The number of nitrogens with two attached hydrogens (primary N) is 1. The average Bonchev–Trinajstić information content (AvgIpc) is 2.55. The summed E-state index contributed by atoms with van der Waals surface area (Å²) in [4.78, 5) is 14.6. The molecule has 3 N–H and O–H groups in total. The van der Waals surface area contributed by atoms with Crippen LogP contribution >= 0.6 is 24.8 Å². The summed E-state index contributed by atoms with van der Waals surface area (Å²) in [6.07, 6.45) is 0. The summed E-state index contributed by atoms with van der Waals surface area (Å²) in [5, 5.41) is 2.87. The molecule has 0 heterocycles. The molecule has 1 unspecified atom stereocenters. The number of halogens is 2. The summed E-state index contributed by atoms with van der Waals surface area (Å²) in [5.41, 5.74) is 6.55. The number of hydrogen-bond acceptors (Lipinski definition) is 4. The molecule has 1 atom stereocenters. The van der Waals surface area contributed by atoms with Crippen LogP contribution in [-0.2, 0) is 10.3 Å². The third-order valence-electron chi connectivity index (χ3n) is 3.74. The number of likely N-dealkylation sites (N-methyl/N-ethyl adjacent to an activating group) is 1. The summed E-state index contributed by atoms with van der Waals surface area (Å²) >= 11 is 0. The fourth-order valence-corrected chi connectivity index (χ4v) is 2.19. The van der Waals surface area contributed by atoms with Crippen LogP contribution in [0.3, 0.4) is 0 Å². The van der Waals surface area contributed by atoms with E-state index in [4.69, 9.17) is 10.5 Å². The van der Waals surface area contributed by atoms with E-state index >= 15 is 0 Å². The lowest BCUT2D eigenvalue weighted by Gasteiger charge is -2.24. The second kappa shape index (κ2) is 11.0. The van der Waals surface area contributed by atoms with E-state index in [1.807, 2.05) is 67.5 Å². The molecule has 7 heteroatoms. The Morgan fingerprint density at radius 1 is 1.12 bits per heavy atom. The molecule has 0 saturated heterocycles. The van der Waals surface area contributed by atoms with E-state index in [0.29, 0.717) is 18.0 Å². The minimum absolute atomic E-state index is 0. The molecule has 0 radical (unpaired) electrons. The van der Waals surface area contributed by atoms with Crippen LogP contribution in [0.25, 0.3) is 0 Å². The molecule has 144 valence electrons. The maximum atomic E-state index is 12.6. The minimum atomic E-state index is -1.11. The van der Waals surface area contributed by atoms with Crippen LogP contribution in [0, 0.1) is 0 Å². The van der Waals surface area contributed by atoms with Gasteiger partial charge >= 0.3 is 0 Å². The van der Waals surface area contributed by atoms with Crippen molar-refractivity contribution < 1.29 is 9.53 Å². The van der Waals surface area contributed by atoms with E-state index in [9.17, 15) is 4.79 Å². The third-order valence-corrected chi connectivity index (χ3v) is 3.74. The number of benzene rings is 2. The van der Waals surface area contributed by atoms with Crippen molar-refractivity contribution in [2.75, 3.05) is 32.6 Å². The smallest absolute Gasteiger partial charge is 0.248 e. The van der Waals surface area contributed by atoms with Gasteiger partial charge in [-0.2, -0.15) is 0 Å². The van der Waals surface area contributed by atoms with Crippen molar-refractivity contribution in [1.29, 1.82) is 0 Å². The summed E-state index contributed by atoms with van der Waals surface area (Å²) in [5.74, 6) is 0.451. The van der Waals surface area contributed by atoms with Crippen LogP contribution in [0.15, 0.2) is 54.6 Å². The zero-order chi connectivity index (χ0) is 17.6. The number of nitrogens with one attached hydrogen (secondary N) is 1.